The van der Waals surface area contributed by atoms with Gasteiger partial charge in [0.2, 0.25) is 0 Å². The number of hydrogen-bond acceptors (Lipinski definition) is 4. The van der Waals surface area contributed by atoms with Crippen LogP contribution in [-0.2, 0) is 0 Å². The first-order valence-corrected chi connectivity index (χ1v) is 8.88. The predicted octanol–water partition coefficient (Wildman–Crippen LogP) is 4.17. The van der Waals surface area contributed by atoms with Crippen LogP contribution >= 0.6 is 12.4 Å². The number of ether oxygens (including phenoxy) is 1. The van der Waals surface area contributed by atoms with Crippen LogP contribution in [0.4, 0.5) is 0 Å². The SMILES string of the molecule is COc1ccc(-c2nc3cnc(C4CCNC(C)C4)[nH]c-3c2C)cc1.Cl. The Morgan fingerprint density at radius 3 is 2.65 bits per heavy atom. The van der Waals surface area contributed by atoms with Gasteiger partial charge in [-0.2, -0.15) is 0 Å². The third kappa shape index (κ3) is 3.41. The molecule has 0 aliphatic carbocycles. The normalized spacial score (nSPS) is 20.0. The number of nitrogens with one attached hydrogen (secondary N) is 2. The molecule has 0 bridgehead atoms. The lowest BCUT2D eigenvalue weighted by molar-refractivity contribution is 0.371. The van der Waals surface area contributed by atoms with Crippen LogP contribution in [-0.4, -0.2) is 34.6 Å². The highest BCUT2D eigenvalue weighted by Gasteiger charge is 2.24. The van der Waals surface area contributed by atoms with E-state index >= 15 is 0 Å². The molecule has 0 aromatic heterocycles. The zero-order chi connectivity index (χ0) is 17.4. The second kappa shape index (κ2) is 7.64. The first kappa shape index (κ1) is 18.7. The lowest BCUT2D eigenvalue weighted by Crippen LogP contribution is -2.35. The van der Waals surface area contributed by atoms with Crippen LogP contribution in [0.5, 0.6) is 5.75 Å². The Morgan fingerprint density at radius 1 is 1.19 bits per heavy atom. The molecule has 0 radical (unpaired) electrons. The number of methoxy groups -OCH3 is 1. The lowest BCUT2D eigenvalue weighted by atomic mass is 9.92. The van der Waals surface area contributed by atoms with E-state index in [0.29, 0.717) is 12.0 Å². The van der Waals surface area contributed by atoms with E-state index in [2.05, 4.69) is 41.3 Å². The number of aromatic amines is 1. The van der Waals surface area contributed by atoms with Crippen LogP contribution in [0.1, 0.15) is 37.1 Å². The van der Waals surface area contributed by atoms with Crippen LogP contribution in [0.2, 0.25) is 0 Å². The Hall–Kier alpha value is -2.11. The molecule has 1 aromatic carbocycles. The van der Waals surface area contributed by atoms with Crippen LogP contribution in [0.25, 0.3) is 22.6 Å². The van der Waals surface area contributed by atoms with Crippen molar-refractivity contribution in [3.05, 3.63) is 41.9 Å². The molecule has 2 atom stereocenters. The van der Waals surface area contributed by atoms with Gasteiger partial charge in [0.25, 0.3) is 0 Å². The fourth-order valence-corrected chi connectivity index (χ4v) is 3.73. The molecule has 4 rings (SSSR count). The smallest absolute Gasteiger partial charge is 0.118 e. The highest BCUT2D eigenvalue weighted by molar-refractivity contribution is 5.85. The van der Waals surface area contributed by atoms with Crippen LogP contribution < -0.4 is 10.1 Å². The summed E-state index contributed by atoms with van der Waals surface area (Å²) in [6.45, 7) is 5.41. The number of hydrogen-bond donors (Lipinski definition) is 2. The Balaban J connectivity index is 0.00000196. The van der Waals surface area contributed by atoms with E-state index in [1.54, 1.807) is 7.11 Å². The van der Waals surface area contributed by atoms with Crippen molar-refractivity contribution in [1.29, 1.82) is 0 Å². The van der Waals surface area contributed by atoms with Crippen molar-refractivity contribution in [1.82, 2.24) is 20.3 Å². The summed E-state index contributed by atoms with van der Waals surface area (Å²) in [6.07, 6.45) is 4.15. The number of halogens is 1. The minimum absolute atomic E-state index is 0. The summed E-state index contributed by atoms with van der Waals surface area (Å²) in [5, 5.41) is 3.50. The Morgan fingerprint density at radius 2 is 1.96 bits per heavy atom. The van der Waals surface area contributed by atoms with Crippen LogP contribution in [0.3, 0.4) is 0 Å². The minimum atomic E-state index is 0. The fraction of sp³-hybridized carbons (Fsp3) is 0.400. The van der Waals surface area contributed by atoms with E-state index in [0.717, 1.165) is 53.6 Å². The number of rotatable bonds is 3. The lowest BCUT2D eigenvalue weighted by Gasteiger charge is -2.27. The number of aromatic nitrogens is 3. The quantitative estimate of drug-likeness (QED) is 0.724. The standard InChI is InChI=1S/C20H24N4O.ClH/c1-12-10-15(8-9-21-12)20-22-11-17-19(24-20)13(2)18(23-17)14-4-6-16(25-3)7-5-14;/h4-7,11-12,15,21H,8-10H2,1-3H3,(H,22,24);1H. The summed E-state index contributed by atoms with van der Waals surface area (Å²) in [5.41, 5.74) is 5.30. The molecule has 26 heavy (non-hydrogen) atoms. The summed E-state index contributed by atoms with van der Waals surface area (Å²) in [6, 6.07) is 8.58. The maximum Gasteiger partial charge on any atom is 0.118 e. The first-order chi connectivity index (χ1) is 12.2. The van der Waals surface area contributed by atoms with Crippen molar-refractivity contribution in [3.8, 4) is 28.4 Å². The highest BCUT2D eigenvalue weighted by Crippen LogP contribution is 2.34. The van der Waals surface area contributed by atoms with Crippen molar-refractivity contribution in [2.75, 3.05) is 13.7 Å². The van der Waals surface area contributed by atoms with Gasteiger partial charge >= 0.3 is 0 Å². The van der Waals surface area contributed by atoms with Gasteiger partial charge < -0.3 is 15.0 Å². The molecule has 2 N–H and O–H groups in total. The zero-order valence-corrected chi connectivity index (χ0v) is 16.2. The Labute approximate surface area is 160 Å². The monoisotopic (exact) mass is 372 g/mol. The number of benzene rings is 1. The second-order valence-electron chi connectivity index (χ2n) is 6.92. The van der Waals surface area contributed by atoms with Crippen molar-refractivity contribution in [2.45, 2.75) is 38.6 Å². The van der Waals surface area contributed by atoms with E-state index in [4.69, 9.17) is 9.72 Å². The number of H-pyrrole nitrogens is 1. The van der Waals surface area contributed by atoms with E-state index in [1.807, 2.05) is 18.3 Å². The first-order valence-electron chi connectivity index (χ1n) is 8.88. The van der Waals surface area contributed by atoms with Gasteiger partial charge in [0.05, 0.1) is 24.7 Å². The average Bonchev–Trinajstić information content (AvgIpc) is 2.98. The van der Waals surface area contributed by atoms with E-state index in [9.17, 15) is 0 Å². The molecular formula is C20H25ClN4O. The molecular weight excluding hydrogens is 348 g/mol. The number of piperidine rings is 1. The molecule has 1 aromatic rings. The van der Waals surface area contributed by atoms with Crippen molar-refractivity contribution in [2.24, 2.45) is 0 Å². The summed E-state index contributed by atoms with van der Waals surface area (Å²) < 4.78 is 5.24. The molecule has 0 amide bonds. The second-order valence-corrected chi connectivity index (χ2v) is 6.92. The molecule has 2 unspecified atom stereocenters. The number of nitrogens with zero attached hydrogens (tertiary/aromatic N) is 2. The zero-order valence-electron chi connectivity index (χ0n) is 15.4. The Kier molecular flexibility index (Phi) is 5.49. The summed E-state index contributed by atoms with van der Waals surface area (Å²) >= 11 is 0. The summed E-state index contributed by atoms with van der Waals surface area (Å²) in [5.74, 6) is 2.42. The number of fused-ring (bicyclic) bond motifs is 1. The van der Waals surface area contributed by atoms with E-state index < -0.39 is 0 Å². The highest BCUT2D eigenvalue weighted by atomic mass is 35.5. The predicted molar refractivity (Wildman–Crippen MR) is 106 cm³/mol. The van der Waals surface area contributed by atoms with Gasteiger partial charge in [-0.05, 0) is 57.5 Å². The van der Waals surface area contributed by atoms with E-state index in [1.165, 1.54) is 5.56 Å². The molecule has 1 saturated heterocycles. The third-order valence-corrected chi connectivity index (χ3v) is 5.17. The molecule has 5 nitrogen and oxygen atoms in total. The van der Waals surface area contributed by atoms with Crippen LogP contribution in [0, 0.1) is 6.92 Å². The molecule has 1 fully saturated rings. The third-order valence-electron chi connectivity index (χ3n) is 5.17. The van der Waals surface area contributed by atoms with Gasteiger partial charge in [0.15, 0.2) is 0 Å². The van der Waals surface area contributed by atoms with Crippen LogP contribution in [0.15, 0.2) is 30.5 Å². The van der Waals surface area contributed by atoms with Gasteiger partial charge in [-0.1, -0.05) is 0 Å². The molecule has 0 saturated carbocycles. The molecule has 3 heterocycles. The van der Waals surface area contributed by atoms with Gasteiger partial charge in [0, 0.05) is 23.1 Å². The maximum atomic E-state index is 5.24. The summed E-state index contributed by atoms with van der Waals surface area (Å²) in [4.78, 5) is 13.0. The average molecular weight is 373 g/mol. The largest absolute Gasteiger partial charge is 0.497 e. The van der Waals surface area contributed by atoms with Crippen molar-refractivity contribution >= 4 is 12.4 Å². The van der Waals surface area contributed by atoms with Gasteiger partial charge in [0.1, 0.15) is 17.3 Å². The van der Waals surface area contributed by atoms with Crippen molar-refractivity contribution in [3.63, 3.8) is 0 Å². The van der Waals surface area contributed by atoms with Gasteiger partial charge in [-0.15, -0.1) is 12.4 Å². The molecule has 3 aliphatic rings. The van der Waals surface area contributed by atoms with E-state index in [-0.39, 0.29) is 12.4 Å². The molecule has 138 valence electrons. The minimum Gasteiger partial charge on any atom is -0.497 e. The maximum absolute atomic E-state index is 5.24. The fourth-order valence-electron chi connectivity index (χ4n) is 3.73. The summed E-state index contributed by atoms with van der Waals surface area (Å²) in [7, 11) is 1.68. The topological polar surface area (TPSA) is 62.8 Å². The van der Waals surface area contributed by atoms with Gasteiger partial charge in [-0.3, -0.25) is 0 Å². The van der Waals surface area contributed by atoms with Gasteiger partial charge in [-0.25, -0.2) is 9.97 Å². The molecule has 6 heteroatoms. The van der Waals surface area contributed by atoms with Crippen molar-refractivity contribution < 1.29 is 4.74 Å². The Bertz CT molecular complexity index is 846. The molecule has 3 aliphatic heterocycles. The molecule has 0 spiro atoms.